The van der Waals surface area contributed by atoms with Crippen LogP contribution in [0.1, 0.15) is 77.3 Å². The Morgan fingerprint density at radius 1 is 0.897 bits per heavy atom. The normalized spacial score (nSPS) is 20.8. The number of ether oxygens (including phenoxy) is 1. The van der Waals surface area contributed by atoms with E-state index in [4.69, 9.17) is 16.3 Å². The SMILES string of the molecule is CCN1C2=C(C(=O)CC(C)(C)C2)C(c2cc(Br)cc(Br)c2OCc2ccc(Cl)cc2)C2=C1CC(C)(C)CC2=O. The van der Waals surface area contributed by atoms with Crippen LogP contribution in [0.2, 0.25) is 5.02 Å². The molecule has 5 rings (SSSR count). The van der Waals surface area contributed by atoms with E-state index in [0.717, 1.165) is 62.0 Å². The fourth-order valence-electron chi connectivity index (χ4n) is 6.42. The first-order valence-electron chi connectivity index (χ1n) is 13.5. The van der Waals surface area contributed by atoms with Gasteiger partial charge in [0.15, 0.2) is 11.6 Å². The summed E-state index contributed by atoms with van der Waals surface area (Å²) in [6, 6.07) is 11.5. The Kier molecular flexibility index (Phi) is 7.71. The molecule has 3 aliphatic rings. The smallest absolute Gasteiger partial charge is 0.162 e. The van der Waals surface area contributed by atoms with Gasteiger partial charge in [0.05, 0.1) is 4.47 Å². The average Bonchev–Trinajstić information content (AvgIpc) is 2.81. The van der Waals surface area contributed by atoms with E-state index in [9.17, 15) is 9.59 Å². The van der Waals surface area contributed by atoms with Gasteiger partial charge in [-0.2, -0.15) is 0 Å². The Morgan fingerprint density at radius 3 is 1.95 bits per heavy atom. The molecule has 7 heteroatoms. The van der Waals surface area contributed by atoms with Crippen LogP contribution in [-0.2, 0) is 16.2 Å². The summed E-state index contributed by atoms with van der Waals surface area (Å²) in [6.07, 6.45) is 2.50. The second kappa shape index (κ2) is 10.5. The number of ketones is 2. The third-order valence-corrected chi connectivity index (χ3v) is 9.28. The summed E-state index contributed by atoms with van der Waals surface area (Å²) in [5.74, 6) is 0.415. The van der Waals surface area contributed by atoms with Gasteiger partial charge in [0.1, 0.15) is 12.4 Å². The van der Waals surface area contributed by atoms with Crippen molar-refractivity contribution in [3.63, 3.8) is 0 Å². The fraction of sp³-hybridized carbons (Fsp3) is 0.438. The monoisotopic (exact) mass is 673 g/mol. The Morgan fingerprint density at radius 2 is 1.44 bits per heavy atom. The molecular weight excluding hydrogens is 642 g/mol. The van der Waals surface area contributed by atoms with Crippen molar-refractivity contribution in [2.75, 3.05) is 6.54 Å². The molecule has 0 N–H and O–H groups in total. The van der Waals surface area contributed by atoms with Crippen LogP contribution in [0.5, 0.6) is 5.75 Å². The number of nitrogens with zero attached hydrogens (tertiary/aromatic N) is 1. The molecule has 2 aromatic carbocycles. The number of halogens is 3. The molecule has 0 saturated heterocycles. The van der Waals surface area contributed by atoms with Gasteiger partial charge in [-0.3, -0.25) is 9.59 Å². The van der Waals surface area contributed by atoms with E-state index in [0.29, 0.717) is 30.2 Å². The summed E-state index contributed by atoms with van der Waals surface area (Å²) in [5, 5.41) is 0.670. The van der Waals surface area contributed by atoms with Crippen LogP contribution < -0.4 is 4.74 Å². The second-order valence-electron chi connectivity index (χ2n) is 12.5. The van der Waals surface area contributed by atoms with E-state index in [1.165, 1.54) is 0 Å². The van der Waals surface area contributed by atoms with Gasteiger partial charge in [-0.05, 0) is 76.4 Å². The number of carbonyl (C=O) groups is 2. The molecule has 0 atom stereocenters. The molecule has 0 spiro atoms. The zero-order chi connectivity index (χ0) is 28.3. The molecule has 0 radical (unpaired) electrons. The van der Waals surface area contributed by atoms with Crippen LogP contribution in [0.25, 0.3) is 0 Å². The molecule has 1 aliphatic heterocycles. The molecule has 0 aromatic heterocycles. The third kappa shape index (κ3) is 5.54. The highest BCUT2D eigenvalue weighted by Gasteiger charge is 2.49. The number of hydrogen-bond donors (Lipinski definition) is 0. The van der Waals surface area contributed by atoms with Crippen LogP contribution in [0.15, 0.2) is 67.9 Å². The Bertz CT molecular complexity index is 1370. The third-order valence-electron chi connectivity index (χ3n) is 7.98. The van der Waals surface area contributed by atoms with Crippen molar-refractivity contribution in [1.82, 2.24) is 4.90 Å². The Hall–Kier alpha value is -1.89. The Labute approximate surface area is 253 Å². The maximum atomic E-state index is 14.0. The second-order valence-corrected chi connectivity index (χ2v) is 14.7. The van der Waals surface area contributed by atoms with Crippen molar-refractivity contribution in [1.29, 1.82) is 0 Å². The first-order valence-corrected chi connectivity index (χ1v) is 15.4. The Balaban J connectivity index is 1.72. The molecule has 0 bridgehead atoms. The van der Waals surface area contributed by atoms with Gasteiger partial charge >= 0.3 is 0 Å². The van der Waals surface area contributed by atoms with E-state index in [-0.39, 0.29) is 22.4 Å². The van der Waals surface area contributed by atoms with Crippen molar-refractivity contribution >= 4 is 55.0 Å². The lowest BCUT2D eigenvalue weighted by atomic mass is 9.63. The number of hydrogen-bond acceptors (Lipinski definition) is 4. The summed E-state index contributed by atoms with van der Waals surface area (Å²) in [4.78, 5) is 30.3. The van der Waals surface area contributed by atoms with Crippen LogP contribution in [0.4, 0.5) is 0 Å². The van der Waals surface area contributed by atoms with Gasteiger partial charge in [-0.25, -0.2) is 0 Å². The zero-order valence-corrected chi connectivity index (χ0v) is 27.0. The van der Waals surface area contributed by atoms with E-state index in [2.05, 4.69) is 71.4 Å². The van der Waals surface area contributed by atoms with Crippen LogP contribution in [0, 0.1) is 10.8 Å². The minimum absolute atomic E-state index is 0.119. The molecule has 0 saturated carbocycles. The lowest BCUT2D eigenvalue weighted by Gasteiger charge is -2.49. The number of benzene rings is 2. The van der Waals surface area contributed by atoms with Crippen molar-refractivity contribution in [3.8, 4) is 5.75 Å². The van der Waals surface area contributed by atoms with Crippen molar-refractivity contribution < 1.29 is 14.3 Å². The lowest BCUT2D eigenvalue weighted by molar-refractivity contribution is -0.119. The summed E-state index contributed by atoms with van der Waals surface area (Å²) in [6.45, 7) is 11.8. The minimum atomic E-state index is -0.473. The molecule has 1 heterocycles. The lowest BCUT2D eigenvalue weighted by Crippen LogP contribution is -2.44. The topological polar surface area (TPSA) is 46.6 Å². The summed E-state index contributed by atoms with van der Waals surface area (Å²) in [5.41, 5.74) is 5.15. The predicted octanol–water partition coefficient (Wildman–Crippen LogP) is 9.15. The highest BCUT2D eigenvalue weighted by Crippen LogP contribution is 2.56. The highest BCUT2D eigenvalue weighted by molar-refractivity contribution is 9.11. The minimum Gasteiger partial charge on any atom is -0.487 e. The van der Waals surface area contributed by atoms with Gasteiger partial charge in [-0.1, -0.05) is 67.4 Å². The zero-order valence-electron chi connectivity index (χ0n) is 23.1. The van der Waals surface area contributed by atoms with Crippen LogP contribution in [-0.4, -0.2) is 23.0 Å². The van der Waals surface area contributed by atoms with Crippen molar-refractivity contribution in [2.24, 2.45) is 10.8 Å². The molecule has 39 heavy (non-hydrogen) atoms. The first-order chi connectivity index (χ1) is 18.3. The summed E-state index contributed by atoms with van der Waals surface area (Å²) in [7, 11) is 0. The molecule has 2 aliphatic carbocycles. The molecule has 4 nitrogen and oxygen atoms in total. The number of carbonyl (C=O) groups excluding carboxylic acids is 2. The van der Waals surface area contributed by atoms with Gasteiger partial charge in [0.25, 0.3) is 0 Å². The van der Waals surface area contributed by atoms with Crippen molar-refractivity contribution in [3.05, 3.63) is 84.0 Å². The molecule has 0 unspecified atom stereocenters. The van der Waals surface area contributed by atoms with E-state index in [1.54, 1.807) is 0 Å². The quantitative estimate of drug-likeness (QED) is 0.317. The van der Waals surface area contributed by atoms with E-state index in [1.807, 2.05) is 36.4 Å². The van der Waals surface area contributed by atoms with Gasteiger partial charge in [0, 0.05) is 62.9 Å². The standard InChI is InChI=1S/C32H34Br2ClNO3/c1-6-36-23-13-31(2,3)15-25(37)28(23)27(29-24(36)14-32(4,5)16-26(29)38)21-11-19(33)12-22(34)30(21)39-17-18-7-9-20(35)10-8-18/h7-12,27H,6,13-17H2,1-5H3. The average molecular weight is 676 g/mol. The van der Waals surface area contributed by atoms with Gasteiger partial charge < -0.3 is 9.64 Å². The summed E-state index contributed by atoms with van der Waals surface area (Å²) >= 11 is 13.5. The fourth-order valence-corrected chi connectivity index (χ4v) is 7.92. The molecule has 206 valence electrons. The van der Waals surface area contributed by atoms with Gasteiger partial charge in [0.2, 0.25) is 0 Å². The van der Waals surface area contributed by atoms with Gasteiger partial charge in [-0.15, -0.1) is 0 Å². The van der Waals surface area contributed by atoms with Crippen LogP contribution >= 0.6 is 43.5 Å². The number of rotatable bonds is 5. The van der Waals surface area contributed by atoms with E-state index >= 15 is 0 Å². The maximum Gasteiger partial charge on any atom is 0.162 e. The molecule has 0 fully saturated rings. The predicted molar refractivity (Wildman–Crippen MR) is 163 cm³/mol. The van der Waals surface area contributed by atoms with Crippen LogP contribution in [0.3, 0.4) is 0 Å². The first kappa shape index (κ1) is 28.6. The highest BCUT2D eigenvalue weighted by atomic mass is 79.9. The number of allylic oxidation sites excluding steroid dienone is 4. The van der Waals surface area contributed by atoms with Crippen molar-refractivity contribution in [2.45, 2.75) is 72.8 Å². The van der Waals surface area contributed by atoms with E-state index < -0.39 is 5.92 Å². The molecule has 2 aromatic rings. The number of Topliss-reactive ketones (excluding diaryl/α,β-unsaturated/α-hetero) is 2. The summed E-state index contributed by atoms with van der Waals surface area (Å²) < 4.78 is 8.11. The maximum absolute atomic E-state index is 14.0. The molecular formula is C32H34Br2ClNO3. The largest absolute Gasteiger partial charge is 0.487 e. The molecule has 0 amide bonds.